The van der Waals surface area contributed by atoms with Gasteiger partial charge in [-0.2, -0.15) is 5.10 Å². The Bertz CT molecular complexity index is 898. The summed E-state index contributed by atoms with van der Waals surface area (Å²) in [6.07, 6.45) is 0. The number of nitrogens with one attached hydrogen (secondary N) is 1. The number of furan rings is 1. The number of carbonyl (C=O) groups is 1. The van der Waals surface area contributed by atoms with Crippen molar-refractivity contribution in [3.63, 3.8) is 0 Å². The number of aryl methyl sites for hydroxylation is 1. The molecule has 24 heavy (non-hydrogen) atoms. The van der Waals surface area contributed by atoms with Gasteiger partial charge in [0.1, 0.15) is 11.5 Å². The van der Waals surface area contributed by atoms with E-state index in [0.29, 0.717) is 23.0 Å². The first-order valence-corrected chi connectivity index (χ1v) is 7.71. The highest BCUT2D eigenvalue weighted by Gasteiger charge is 2.15. The minimum atomic E-state index is -0.436. The van der Waals surface area contributed by atoms with Gasteiger partial charge >= 0.3 is 0 Å². The highest BCUT2D eigenvalue weighted by Crippen LogP contribution is 2.23. The molecule has 124 valence electrons. The number of carbonyl (C=O) groups excluding carboxylic acids is 1. The molecule has 1 aromatic carbocycles. The van der Waals surface area contributed by atoms with Crippen molar-refractivity contribution in [2.75, 3.05) is 5.32 Å². The third-order valence-corrected chi connectivity index (χ3v) is 4.18. The van der Waals surface area contributed by atoms with Crippen LogP contribution in [0.3, 0.4) is 0 Å². The lowest BCUT2D eigenvalue weighted by Crippen LogP contribution is -2.11. The molecule has 0 saturated heterocycles. The minimum absolute atomic E-state index is 0.00471. The molecule has 2 heterocycles. The van der Waals surface area contributed by atoms with Crippen LogP contribution >= 0.6 is 11.6 Å². The highest BCUT2D eigenvalue weighted by molar-refractivity contribution is 6.31. The fraction of sp³-hybridized carbons (Fsp3) is 0.176. The molecule has 2 N–H and O–H groups in total. The van der Waals surface area contributed by atoms with Crippen LogP contribution in [0.2, 0.25) is 5.02 Å². The molecule has 0 radical (unpaired) electrons. The van der Waals surface area contributed by atoms with Crippen molar-refractivity contribution in [3.05, 3.63) is 64.3 Å². The molecule has 2 aromatic heterocycles. The molecule has 1 amide bonds. The van der Waals surface area contributed by atoms with Crippen LogP contribution in [-0.4, -0.2) is 20.8 Å². The number of aromatic nitrogens is 2. The second-order valence-electron chi connectivity index (χ2n) is 5.38. The average molecular weight is 346 g/mol. The van der Waals surface area contributed by atoms with Crippen LogP contribution < -0.4 is 5.32 Å². The summed E-state index contributed by atoms with van der Waals surface area (Å²) in [4.78, 5) is 12.2. The fourth-order valence-electron chi connectivity index (χ4n) is 2.32. The third kappa shape index (κ3) is 3.14. The predicted molar refractivity (Wildman–Crippen MR) is 90.6 cm³/mol. The second kappa shape index (κ2) is 6.41. The molecule has 0 fully saturated rings. The molecule has 3 rings (SSSR count). The Morgan fingerprint density at radius 2 is 2.04 bits per heavy atom. The van der Waals surface area contributed by atoms with E-state index < -0.39 is 5.91 Å². The Hall–Kier alpha value is -2.73. The Morgan fingerprint density at radius 3 is 2.71 bits per heavy atom. The van der Waals surface area contributed by atoms with Crippen LogP contribution in [0.1, 0.15) is 27.7 Å². The summed E-state index contributed by atoms with van der Waals surface area (Å²) in [6, 6.07) is 9.79. The summed E-state index contributed by atoms with van der Waals surface area (Å²) in [7, 11) is 0. The van der Waals surface area contributed by atoms with Gasteiger partial charge in [-0.05, 0) is 38.1 Å². The summed E-state index contributed by atoms with van der Waals surface area (Å²) in [5, 5.41) is 17.3. The number of hydrogen-bond acceptors (Lipinski definition) is 4. The second-order valence-corrected chi connectivity index (χ2v) is 5.76. The van der Waals surface area contributed by atoms with Crippen molar-refractivity contribution in [1.29, 1.82) is 0 Å². The van der Waals surface area contributed by atoms with Crippen LogP contribution in [0.25, 0.3) is 0 Å². The van der Waals surface area contributed by atoms with Gasteiger partial charge in [0, 0.05) is 0 Å². The maximum atomic E-state index is 12.2. The maximum Gasteiger partial charge on any atom is 0.291 e. The van der Waals surface area contributed by atoms with Crippen LogP contribution in [0.5, 0.6) is 5.75 Å². The molecule has 3 aromatic rings. The van der Waals surface area contributed by atoms with Gasteiger partial charge in [0.2, 0.25) is 0 Å². The minimum Gasteiger partial charge on any atom is -0.506 e. The zero-order valence-electron chi connectivity index (χ0n) is 13.2. The van der Waals surface area contributed by atoms with Crippen molar-refractivity contribution >= 4 is 23.2 Å². The number of amides is 1. The monoisotopic (exact) mass is 345 g/mol. The summed E-state index contributed by atoms with van der Waals surface area (Å²) in [5.74, 6) is 0.296. The largest absolute Gasteiger partial charge is 0.506 e. The van der Waals surface area contributed by atoms with E-state index in [1.54, 1.807) is 35.0 Å². The Kier molecular flexibility index (Phi) is 4.31. The summed E-state index contributed by atoms with van der Waals surface area (Å²) >= 11 is 6.12. The van der Waals surface area contributed by atoms with E-state index in [4.69, 9.17) is 16.0 Å². The molecule has 0 unspecified atom stereocenters. The number of nitrogens with zero attached hydrogens (tertiary/aromatic N) is 2. The lowest BCUT2D eigenvalue weighted by Gasteiger charge is -2.05. The number of benzene rings is 1. The molecular formula is C17H16ClN3O3. The van der Waals surface area contributed by atoms with Crippen molar-refractivity contribution in [2.24, 2.45) is 0 Å². The number of para-hydroxylation sites is 2. The van der Waals surface area contributed by atoms with Gasteiger partial charge in [0.25, 0.3) is 5.91 Å². The lowest BCUT2D eigenvalue weighted by atomic mass is 10.3. The van der Waals surface area contributed by atoms with Gasteiger partial charge in [0.05, 0.1) is 28.6 Å². The quantitative estimate of drug-likeness (QED) is 0.706. The van der Waals surface area contributed by atoms with Crippen molar-refractivity contribution < 1.29 is 14.3 Å². The smallest absolute Gasteiger partial charge is 0.291 e. The Morgan fingerprint density at radius 1 is 1.29 bits per heavy atom. The lowest BCUT2D eigenvalue weighted by molar-refractivity contribution is 0.0994. The molecular weight excluding hydrogens is 330 g/mol. The van der Waals surface area contributed by atoms with E-state index in [1.807, 2.05) is 13.8 Å². The molecule has 0 bridgehead atoms. The number of phenols is 1. The first kappa shape index (κ1) is 16.1. The van der Waals surface area contributed by atoms with Gasteiger partial charge in [-0.15, -0.1) is 0 Å². The van der Waals surface area contributed by atoms with Crippen LogP contribution in [0, 0.1) is 13.8 Å². The fourth-order valence-corrected chi connectivity index (χ4v) is 2.46. The van der Waals surface area contributed by atoms with Crippen LogP contribution in [-0.2, 0) is 6.54 Å². The third-order valence-electron chi connectivity index (χ3n) is 3.64. The standard InChI is InChI=1S/C17H16ClN3O3/c1-10-16(18)11(2)21(20-10)9-12-7-8-15(24-12)17(23)19-13-5-3-4-6-14(13)22/h3-8,22H,9H2,1-2H3,(H,19,23). The van der Waals surface area contributed by atoms with Crippen molar-refractivity contribution in [3.8, 4) is 5.75 Å². The zero-order valence-corrected chi connectivity index (χ0v) is 14.0. The number of anilines is 1. The SMILES string of the molecule is Cc1nn(Cc2ccc(C(=O)Nc3ccccc3O)o2)c(C)c1Cl. The molecule has 0 aliphatic rings. The van der Waals surface area contributed by atoms with Crippen molar-refractivity contribution in [2.45, 2.75) is 20.4 Å². The van der Waals surface area contributed by atoms with E-state index in [0.717, 1.165) is 11.4 Å². The number of phenolic OH excluding ortho intramolecular Hbond substituents is 1. The maximum absolute atomic E-state index is 12.2. The van der Waals surface area contributed by atoms with E-state index >= 15 is 0 Å². The van der Waals surface area contributed by atoms with Gasteiger partial charge in [-0.1, -0.05) is 23.7 Å². The molecule has 0 spiro atoms. The first-order valence-electron chi connectivity index (χ1n) is 7.33. The van der Waals surface area contributed by atoms with Gasteiger partial charge in [0.15, 0.2) is 5.76 Å². The normalized spacial score (nSPS) is 10.8. The molecule has 0 atom stereocenters. The predicted octanol–water partition coefficient (Wildman–Crippen LogP) is 3.75. The van der Waals surface area contributed by atoms with E-state index in [2.05, 4.69) is 10.4 Å². The van der Waals surface area contributed by atoms with E-state index in [1.165, 1.54) is 6.07 Å². The molecule has 0 saturated carbocycles. The highest BCUT2D eigenvalue weighted by atomic mass is 35.5. The Balaban J connectivity index is 1.74. The van der Waals surface area contributed by atoms with Gasteiger partial charge in [-0.25, -0.2) is 0 Å². The van der Waals surface area contributed by atoms with Gasteiger partial charge < -0.3 is 14.8 Å². The number of halogens is 1. The number of aromatic hydroxyl groups is 1. The van der Waals surface area contributed by atoms with E-state index in [-0.39, 0.29) is 11.5 Å². The molecule has 0 aliphatic carbocycles. The van der Waals surface area contributed by atoms with Gasteiger partial charge in [-0.3, -0.25) is 9.48 Å². The Labute approximate surface area is 143 Å². The zero-order chi connectivity index (χ0) is 17.3. The summed E-state index contributed by atoms with van der Waals surface area (Å²) in [5.41, 5.74) is 1.91. The van der Waals surface area contributed by atoms with Crippen molar-refractivity contribution in [1.82, 2.24) is 9.78 Å². The topological polar surface area (TPSA) is 80.3 Å². The molecule has 7 heteroatoms. The molecule has 6 nitrogen and oxygen atoms in total. The number of rotatable bonds is 4. The molecule has 0 aliphatic heterocycles. The average Bonchev–Trinajstić information content (AvgIpc) is 3.11. The number of hydrogen-bond donors (Lipinski definition) is 2. The summed E-state index contributed by atoms with van der Waals surface area (Å²) < 4.78 is 7.29. The van der Waals surface area contributed by atoms with Crippen LogP contribution in [0.4, 0.5) is 5.69 Å². The summed E-state index contributed by atoms with van der Waals surface area (Å²) in [6.45, 7) is 4.08. The first-order chi connectivity index (χ1) is 11.5. The van der Waals surface area contributed by atoms with Crippen LogP contribution in [0.15, 0.2) is 40.8 Å². The van der Waals surface area contributed by atoms with E-state index in [9.17, 15) is 9.90 Å².